The lowest BCUT2D eigenvalue weighted by molar-refractivity contribution is -0.121. The third-order valence-electron chi connectivity index (χ3n) is 5.13. The van der Waals surface area contributed by atoms with Crippen LogP contribution >= 0.6 is 0 Å². The van der Waals surface area contributed by atoms with Gasteiger partial charge in [-0.1, -0.05) is 24.3 Å². The van der Waals surface area contributed by atoms with Gasteiger partial charge < -0.3 is 14.5 Å². The summed E-state index contributed by atoms with van der Waals surface area (Å²) in [6.07, 6.45) is 1.35. The molecule has 2 aromatic heterocycles. The Bertz CT molecular complexity index is 1510. The lowest BCUT2D eigenvalue weighted by Gasteiger charge is -2.09. The lowest BCUT2D eigenvalue weighted by atomic mass is 10.2. The minimum atomic E-state index is -0.409. The molecule has 0 aliphatic carbocycles. The first kappa shape index (κ1) is 20.4. The fourth-order valence-electron chi connectivity index (χ4n) is 3.45. The molecule has 7 nitrogen and oxygen atoms in total. The minimum absolute atomic E-state index is 0.128. The first-order valence-corrected chi connectivity index (χ1v) is 10.2. The van der Waals surface area contributed by atoms with Gasteiger partial charge in [0.05, 0.1) is 6.33 Å². The molecule has 3 aromatic carbocycles. The van der Waals surface area contributed by atoms with Crippen LogP contribution in [0.5, 0.6) is 11.5 Å². The summed E-state index contributed by atoms with van der Waals surface area (Å²) in [5, 5.41) is 3.54. The number of amides is 1. The maximum atomic E-state index is 13.0. The molecule has 33 heavy (non-hydrogen) atoms. The van der Waals surface area contributed by atoms with Gasteiger partial charge in [0.1, 0.15) is 35.0 Å². The van der Waals surface area contributed by atoms with E-state index in [1.807, 2.05) is 30.3 Å². The monoisotopic (exact) mass is 443 g/mol. The number of aromatic nitrogens is 2. The van der Waals surface area contributed by atoms with E-state index >= 15 is 0 Å². The Morgan fingerprint density at radius 2 is 1.70 bits per heavy atom. The third kappa shape index (κ3) is 4.31. The van der Waals surface area contributed by atoms with Gasteiger partial charge >= 0.3 is 0 Å². The number of carbonyl (C=O) groups is 1. The van der Waals surface area contributed by atoms with Crippen molar-refractivity contribution < 1.29 is 18.3 Å². The molecular formula is C25H18FN3O4. The Morgan fingerprint density at radius 3 is 2.45 bits per heavy atom. The van der Waals surface area contributed by atoms with Crippen molar-refractivity contribution >= 4 is 28.0 Å². The summed E-state index contributed by atoms with van der Waals surface area (Å²) in [6.45, 7) is 0.106. The van der Waals surface area contributed by atoms with Crippen LogP contribution in [0.4, 0.5) is 4.39 Å². The molecule has 0 atom stereocenters. The highest BCUT2D eigenvalue weighted by Crippen LogP contribution is 2.24. The molecule has 1 N–H and O–H groups in total. The zero-order valence-corrected chi connectivity index (χ0v) is 17.3. The maximum absolute atomic E-state index is 13.0. The average Bonchev–Trinajstić information content (AvgIpc) is 3.21. The van der Waals surface area contributed by atoms with Gasteiger partial charge in [0.15, 0.2) is 0 Å². The van der Waals surface area contributed by atoms with Crippen molar-refractivity contribution in [3.8, 4) is 11.5 Å². The zero-order valence-electron chi connectivity index (χ0n) is 17.3. The molecule has 0 bridgehead atoms. The molecule has 0 aliphatic heterocycles. The number of benzene rings is 3. The van der Waals surface area contributed by atoms with Gasteiger partial charge in [0.2, 0.25) is 11.5 Å². The van der Waals surface area contributed by atoms with E-state index in [0.29, 0.717) is 22.6 Å². The first-order valence-electron chi connectivity index (χ1n) is 10.2. The molecule has 5 rings (SSSR count). The van der Waals surface area contributed by atoms with Crippen LogP contribution in [0.1, 0.15) is 5.56 Å². The summed E-state index contributed by atoms with van der Waals surface area (Å²) in [7, 11) is 0. The number of nitrogens with one attached hydrogen (secondary N) is 1. The van der Waals surface area contributed by atoms with E-state index in [1.165, 1.54) is 23.0 Å². The molecule has 8 heteroatoms. The van der Waals surface area contributed by atoms with Crippen molar-refractivity contribution in [1.82, 2.24) is 14.9 Å². The van der Waals surface area contributed by atoms with E-state index in [9.17, 15) is 14.0 Å². The number of hydrogen-bond acceptors (Lipinski definition) is 5. The first-order chi connectivity index (χ1) is 16.1. The minimum Gasteiger partial charge on any atom is -0.457 e. The van der Waals surface area contributed by atoms with Gasteiger partial charge in [-0.15, -0.1) is 0 Å². The fraction of sp³-hybridized carbons (Fsp3) is 0.0800. The zero-order chi connectivity index (χ0) is 22.8. The van der Waals surface area contributed by atoms with E-state index in [-0.39, 0.29) is 30.4 Å². The number of fused-ring (bicyclic) bond motifs is 3. The van der Waals surface area contributed by atoms with Gasteiger partial charge in [-0.3, -0.25) is 14.2 Å². The van der Waals surface area contributed by atoms with Crippen LogP contribution in [0.3, 0.4) is 0 Å². The molecule has 0 aliphatic rings. The Kier molecular flexibility index (Phi) is 5.32. The number of halogens is 1. The molecule has 0 fully saturated rings. The van der Waals surface area contributed by atoms with Gasteiger partial charge in [-0.25, -0.2) is 9.37 Å². The summed E-state index contributed by atoms with van der Waals surface area (Å²) in [6, 6.07) is 20.1. The van der Waals surface area contributed by atoms with Crippen LogP contribution in [0, 0.1) is 5.82 Å². The van der Waals surface area contributed by atoms with Crippen LogP contribution in [-0.2, 0) is 17.9 Å². The van der Waals surface area contributed by atoms with E-state index < -0.39 is 5.56 Å². The smallest absolute Gasteiger partial charge is 0.297 e. The topological polar surface area (TPSA) is 86.4 Å². The predicted octanol–water partition coefficient (Wildman–Crippen LogP) is 4.39. The third-order valence-corrected chi connectivity index (χ3v) is 5.13. The largest absolute Gasteiger partial charge is 0.457 e. The summed E-state index contributed by atoms with van der Waals surface area (Å²) >= 11 is 0. The van der Waals surface area contributed by atoms with Gasteiger partial charge in [-0.05, 0) is 54.1 Å². The summed E-state index contributed by atoms with van der Waals surface area (Å²) in [5.41, 5.74) is 1.63. The van der Waals surface area contributed by atoms with Crippen LogP contribution < -0.4 is 15.6 Å². The Labute approximate surface area is 187 Å². The Hall–Kier alpha value is -4.46. The maximum Gasteiger partial charge on any atom is 0.297 e. The summed E-state index contributed by atoms with van der Waals surface area (Å²) in [5.74, 6) is 0.455. The second-order valence-corrected chi connectivity index (χ2v) is 7.43. The van der Waals surface area contributed by atoms with Crippen molar-refractivity contribution in [2.45, 2.75) is 13.1 Å². The van der Waals surface area contributed by atoms with Crippen molar-refractivity contribution in [2.75, 3.05) is 0 Å². The molecule has 1 amide bonds. The van der Waals surface area contributed by atoms with Crippen LogP contribution in [0.15, 0.2) is 88.3 Å². The molecule has 5 aromatic rings. The number of ether oxygens (including phenoxy) is 1. The highest BCUT2D eigenvalue weighted by Gasteiger charge is 2.14. The highest BCUT2D eigenvalue weighted by molar-refractivity contribution is 6.01. The summed E-state index contributed by atoms with van der Waals surface area (Å²) in [4.78, 5) is 29.4. The second kappa shape index (κ2) is 8.58. The van der Waals surface area contributed by atoms with E-state index in [4.69, 9.17) is 9.15 Å². The van der Waals surface area contributed by atoms with Crippen LogP contribution in [0.25, 0.3) is 22.1 Å². The summed E-state index contributed by atoms with van der Waals surface area (Å²) < 4.78 is 25.5. The van der Waals surface area contributed by atoms with Crippen molar-refractivity contribution in [1.29, 1.82) is 0 Å². The van der Waals surface area contributed by atoms with E-state index in [2.05, 4.69) is 10.3 Å². The number of nitrogens with zero attached hydrogens (tertiary/aromatic N) is 2. The van der Waals surface area contributed by atoms with Crippen molar-refractivity contribution in [3.63, 3.8) is 0 Å². The molecule has 0 radical (unpaired) electrons. The van der Waals surface area contributed by atoms with Crippen molar-refractivity contribution in [3.05, 3.63) is 101 Å². The number of rotatable bonds is 6. The van der Waals surface area contributed by atoms with E-state index in [1.54, 1.807) is 30.3 Å². The SMILES string of the molecule is O=C(Cn1cnc2c(oc3ccccc32)c1=O)NCc1ccc(Oc2ccc(F)cc2)cc1. The second-order valence-electron chi connectivity index (χ2n) is 7.43. The molecule has 0 unspecified atom stereocenters. The van der Waals surface area contributed by atoms with Crippen LogP contribution in [0.2, 0.25) is 0 Å². The standard InChI is InChI=1S/C25H18FN3O4/c26-17-7-11-19(12-8-17)32-18-9-5-16(6-10-18)13-27-22(30)14-29-15-28-23-20-3-1-2-4-21(20)33-24(23)25(29)31/h1-12,15H,13-14H2,(H,27,30). The number of hydrogen-bond donors (Lipinski definition) is 1. The van der Waals surface area contributed by atoms with E-state index in [0.717, 1.165) is 10.9 Å². The van der Waals surface area contributed by atoms with Crippen LogP contribution in [-0.4, -0.2) is 15.5 Å². The lowest BCUT2D eigenvalue weighted by Crippen LogP contribution is -2.32. The Balaban J connectivity index is 1.22. The fourth-order valence-corrected chi connectivity index (χ4v) is 3.45. The normalized spacial score (nSPS) is 11.1. The molecule has 0 saturated heterocycles. The Morgan fingerprint density at radius 1 is 1.00 bits per heavy atom. The highest BCUT2D eigenvalue weighted by atomic mass is 19.1. The predicted molar refractivity (Wildman–Crippen MR) is 121 cm³/mol. The average molecular weight is 443 g/mol. The van der Waals surface area contributed by atoms with Crippen molar-refractivity contribution in [2.24, 2.45) is 0 Å². The van der Waals surface area contributed by atoms with Gasteiger partial charge in [0.25, 0.3) is 5.56 Å². The van der Waals surface area contributed by atoms with Gasteiger partial charge in [-0.2, -0.15) is 0 Å². The molecule has 164 valence electrons. The number of para-hydroxylation sites is 1. The molecule has 0 spiro atoms. The number of carbonyl (C=O) groups excluding carboxylic acids is 1. The molecule has 2 heterocycles. The molecule has 0 saturated carbocycles. The number of furan rings is 1. The van der Waals surface area contributed by atoms with Gasteiger partial charge in [0, 0.05) is 11.9 Å². The quantitative estimate of drug-likeness (QED) is 0.421. The molecular weight excluding hydrogens is 425 g/mol.